The highest BCUT2D eigenvalue weighted by atomic mass is 16.7. The molecule has 0 bridgehead atoms. The summed E-state index contributed by atoms with van der Waals surface area (Å²) in [5.74, 6) is 0. The molecular weight excluding hydrogens is 176 g/mol. The van der Waals surface area contributed by atoms with Crippen LogP contribution in [0.3, 0.4) is 0 Å². The van der Waals surface area contributed by atoms with Crippen LogP contribution in [0.25, 0.3) is 0 Å². The molecule has 1 N–H and O–H groups in total. The molecule has 0 amide bonds. The SMILES string of the molecule is COC1COC(O)C(OC)C1OC. The van der Waals surface area contributed by atoms with Crippen LogP contribution in [-0.2, 0) is 18.9 Å². The summed E-state index contributed by atoms with van der Waals surface area (Å²) in [6, 6.07) is 0. The predicted molar refractivity (Wildman–Crippen MR) is 44.3 cm³/mol. The minimum atomic E-state index is -0.943. The van der Waals surface area contributed by atoms with E-state index in [1.54, 1.807) is 14.2 Å². The largest absolute Gasteiger partial charge is 0.376 e. The number of hydrogen-bond donors (Lipinski definition) is 1. The minimum absolute atomic E-state index is 0.196. The van der Waals surface area contributed by atoms with E-state index in [4.69, 9.17) is 18.9 Å². The Morgan fingerprint density at radius 2 is 1.69 bits per heavy atom. The third-order valence-corrected chi connectivity index (χ3v) is 2.25. The van der Waals surface area contributed by atoms with Gasteiger partial charge in [0.2, 0.25) is 0 Å². The van der Waals surface area contributed by atoms with Gasteiger partial charge in [-0.1, -0.05) is 0 Å². The van der Waals surface area contributed by atoms with Gasteiger partial charge in [0.1, 0.15) is 18.3 Å². The lowest BCUT2D eigenvalue weighted by molar-refractivity contribution is -0.267. The normalized spacial score (nSPS) is 40.6. The Morgan fingerprint density at radius 3 is 2.15 bits per heavy atom. The maximum absolute atomic E-state index is 9.40. The molecule has 0 saturated carbocycles. The van der Waals surface area contributed by atoms with Crippen molar-refractivity contribution in [3.05, 3.63) is 0 Å². The van der Waals surface area contributed by atoms with Crippen LogP contribution in [0.2, 0.25) is 0 Å². The smallest absolute Gasteiger partial charge is 0.183 e. The van der Waals surface area contributed by atoms with Gasteiger partial charge < -0.3 is 24.1 Å². The minimum Gasteiger partial charge on any atom is -0.376 e. The van der Waals surface area contributed by atoms with E-state index < -0.39 is 12.4 Å². The summed E-state index contributed by atoms with van der Waals surface area (Å²) in [6.45, 7) is 0.316. The van der Waals surface area contributed by atoms with E-state index in [0.29, 0.717) is 6.61 Å². The zero-order valence-corrected chi connectivity index (χ0v) is 8.10. The zero-order valence-electron chi connectivity index (χ0n) is 8.10. The molecule has 4 atom stereocenters. The third-order valence-electron chi connectivity index (χ3n) is 2.25. The van der Waals surface area contributed by atoms with Crippen molar-refractivity contribution in [2.24, 2.45) is 0 Å². The van der Waals surface area contributed by atoms with Crippen molar-refractivity contribution in [3.8, 4) is 0 Å². The molecule has 0 aromatic carbocycles. The quantitative estimate of drug-likeness (QED) is 0.646. The van der Waals surface area contributed by atoms with Crippen LogP contribution < -0.4 is 0 Å². The van der Waals surface area contributed by atoms with Crippen LogP contribution in [0.4, 0.5) is 0 Å². The molecule has 1 aliphatic rings. The predicted octanol–water partition coefficient (Wildman–Crippen LogP) is -0.620. The molecule has 0 aromatic rings. The molecule has 1 fully saturated rings. The number of ether oxygens (including phenoxy) is 4. The summed E-state index contributed by atoms with van der Waals surface area (Å²) in [7, 11) is 4.63. The fraction of sp³-hybridized carbons (Fsp3) is 1.00. The van der Waals surface area contributed by atoms with Crippen molar-refractivity contribution in [3.63, 3.8) is 0 Å². The average Bonchev–Trinajstić information content (AvgIpc) is 2.17. The number of rotatable bonds is 3. The van der Waals surface area contributed by atoms with Gasteiger partial charge in [-0.3, -0.25) is 0 Å². The molecule has 78 valence electrons. The fourth-order valence-electron chi connectivity index (χ4n) is 1.50. The topological polar surface area (TPSA) is 57.2 Å². The lowest BCUT2D eigenvalue weighted by Gasteiger charge is -2.38. The van der Waals surface area contributed by atoms with Gasteiger partial charge >= 0.3 is 0 Å². The summed E-state index contributed by atoms with van der Waals surface area (Å²) in [6.07, 6.45) is -1.93. The Kier molecular flexibility index (Phi) is 4.08. The summed E-state index contributed by atoms with van der Waals surface area (Å²) >= 11 is 0. The molecule has 0 aromatic heterocycles. The molecule has 1 heterocycles. The standard InChI is InChI=1S/C8H16O5/c1-10-5-4-13-8(9)7(12-3)6(5)11-2/h5-9H,4H2,1-3H3. The highest BCUT2D eigenvalue weighted by Crippen LogP contribution is 2.20. The Bertz CT molecular complexity index is 151. The first kappa shape index (κ1) is 10.9. The van der Waals surface area contributed by atoms with Crippen LogP contribution in [0.15, 0.2) is 0 Å². The van der Waals surface area contributed by atoms with Gasteiger partial charge in [0, 0.05) is 21.3 Å². The molecule has 1 aliphatic heterocycles. The molecule has 0 spiro atoms. The van der Waals surface area contributed by atoms with Crippen molar-refractivity contribution >= 4 is 0 Å². The van der Waals surface area contributed by atoms with E-state index in [9.17, 15) is 5.11 Å². The van der Waals surface area contributed by atoms with E-state index in [1.807, 2.05) is 0 Å². The maximum Gasteiger partial charge on any atom is 0.183 e. The van der Waals surface area contributed by atoms with Crippen LogP contribution in [0.5, 0.6) is 0 Å². The van der Waals surface area contributed by atoms with Gasteiger partial charge in [0.25, 0.3) is 0 Å². The van der Waals surface area contributed by atoms with Crippen molar-refractivity contribution in [1.29, 1.82) is 0 Å². The summed E-state index contributed by atoms with van der Waals surface area (Å²) < 4.78 is 20.4. The first-order valence-corrected chi connectivity index (χ1v) is 4.12. The molecule has 1 rings (SSSR count). The van der Waals surface area contributed by atoms with Crippen LogP contribution in [-0.4, -0.2) is 57.6 Å². The molecule has 0 aliphatic carbocycles. The first-order valence-electron chi connectivity index (χ1n) is 4.12. The lowest BCUT2D eigenvalue weighted by atomic mass is 10.1. The Hall–Kier alpha value is -0.200. The highest BCUT2D eigenvalue weighted by Gasteiger charge is 2.40. The number of methoxy groups -OCH3 is 3. The van der Waals surface area contributed by atoms with E-state index in [0.717, 1.165) is 0 Å². The maximum atomic E-state index is 9.40. The molecule has 5 heteroatoms. The molecule has 5 nitrogen and oxygen atoms in total. The monoisotopic (exact) mass is 192 g/mol. The third kappa shape index (κ3) is 2.18. The van der Waals surface area contributed by atoms with Gasteiger partial charge in [0.15, 0.2) is 6.29 Å². The van der Waals surface area contributed by atoms with Crippen molar-refractivity contribution in [2.45, 2.75) is 24.6 Å². The van der Waals surface area contributed by atoms with E-state index in [-0.39, 0.29) is 12.2 Å². The second kappa shape index (κ2) is 4.88. The van der Waals surface area contributed by atoms with Gasteiger partial charge in [0.05, 0.1) is 6.61 Å². The summed E-state index contributed by atoms with van der Waals surface area (Å²) in [5, 5.41) is 9.40. The zero-order chi connectivity index (χ0) is 9.84. The van der Waals surface area contributed by atoms with Gasteiger partial charge in [-0.25, -0.2) is 0 Å². The van der Waals surface area contributed by atoms with Gasteiger partial charge in [-0.05, 0) is 0 Å². The lowest BCUT2D eigenvalue weighted by Crippen LogP contribution is -2.55. The van der Waals surface area contributed by atoms with Crippen LogP contribution in [0, 0.1) is 0 Å². The molecule has 13 heavy (non-hydrogen) atoms. The van der Waals surface area contributed by atoms with Crippen LogP contribution in [0.1, 0.15) is 0 Å². The second-order valence-corrected chi connectivity index (χ2v) is 2.90. The van der Waals surface area contributed by atoms with Crippen molar-refractivity contribution in [1.82, 2.24) is 0 Å². The van der Waals surface area contributed by atoms with Crippen molar-refractivity contribution in [2.75, 3.05) is 27.9 Å². The van der Waals surface area contributed by atoms with Gasteiger partial charge in [-0.15, -0.1) is 0 Å². The second-order valence-electron chi connectivity index (χ2n) is 2.90. The molecule has 4 unspecified atom stereocenters. The average molecular weight is 192 g/mol. The summed E-state index contributed by atoms with van der Waals surface area (Å²) in [4.78, 5) is 0. The number of aliphatic hydroxyl groups is 1. The fourth-order valence-corrected chi connectivity index (χ4v) is 1.50. The van der Waals surface area contributed by atoms with Crippen LogP contribution >= 0.6 is 0 Å². The molecular formula is C8H16O5. The highest BCUT2D eigenvalue weighted by molar-refractivity contribution is 4.85. The van der Waals surface area contributed by atoms with E-state index in [2.05, 4.69) is 0 Å². The Labute approximate surface area is 77.5 Å². The first-order chi connectivity index (χ1) is 6.24. The van der Waals surface area contributed by atoms with E-state index in [1.165, 1.54) is 7.11 Å². The van der Waals surface area contributed by atoms with Crippen molar-refractivity contribution < 1.29 is 24.1 Å². The van der Waals surface area contributed by atoms with Gasteiger partial charge in [-0.2, -0.15) is 0 Å². The Balaban J connectivity index is 2.64. The number of aliphatic hydroxyl groups excluding tert-OH is 1. The molecule has 1 saturated heterocycles. The molecule has 0 radical (unpaired) electrons. The Morgan fingerprint density at radius 1 is 1.08 bits per heavy atom. The number of hydrogen-bond acceptors (Lipinski definition) is 5. The van der Waals surface area contributed by atoms with E-state index >= 15 is 0 Å². The summed E-state index contributed by atoms with van der Waals surface area (Å²) in [5.41, 5.74) is 0.